The molecule has 2 aromatic heterocycles. The van der Waals surface area contributed by atoms with Crippen LogP contribution in [0.2, 0.25) is 0 Å². The fourth-order valence-electron chi connectivity index (χ4n) is 1.86. The van der Waals surface area contributed by atoms with Crippen LogP contribution in [0.1, 0.15) is 31.2 Å². The molecule has 0 saturated carbocycles. The summed E-state index contributed by atoms with van der Waals surface area (Å²) in [7, 11) is 3.36. The van der Waals surface area contributed by atoms with E-state index in [-0.39, 0.29) is 10.9 Å². The van der Waals surface area contributed by atoms with E-state index >= 15 is 0 Å². The minimum atomic E-state index is -3.81. The van der Waals surface area contributed by atoms with Crippen LogP contribution in [-0.2, 0) is 22.6 Å². The van der Waals surface area contributed by atoms with Gasteiger partial charge in [-0.2, -0.15) is 5.10 Å². The molecule has 0 fully saturated rings. The summed E-state index contributed by atoms with van der Waals surface area (Å²) < 4.78 is 26.2. The van der Waals surface area contributed by atoms with Gasteiger partial charge in [0, 0.05) is 41.6 Å². The van der Waals surface area contributed by atoms with Gasteiger partial charge in [0.1, 0.15) is 5.82 Å². The van der Waals surface area contributed by atoms with Crippen LogP contribution < -0.4 is 0 Å². The lowest BCUT2D eigenvalue weighted by molar-refractivity contribution is 0.606. The fraction of sp³-hybridized carbons (Fsp3) is 0.455. The molecule has 6 nitrogen and oxygen atoms in total. The summed E-state index contributed by atoms with van der Waals surface area (Å²) in [5, 5.41) is 3.97. The average Bonchev–Trinajstić information content (AvgIpc) is 2.85. The number of halogens is 1. The standard InChI is InChI=1S/C11H15ClN4O2S/c1-8(2)11-14-10(19(12,17)18)7-16(11)6-9-4-13-15(3)5-9/h4-5,7-8H,6H2,1-3H3. The van der Waals surface area contributed by atoms with Crippen LogP contribution in [-0.4, -0.2) is 27.7 Å². The van der Waals surface area contributed by atoms with Crippen LogP contribution in [0.15, 0.2) is 23.6 Å². The monoisotopic (exact) mass is 302 g/mol. The van der Waals surface area contributed by atoms with E-state index in [0.29, 0.717) is 12.4 Å². The SMILES string of the molecule is CC(C)c1nc(S(=O)(=O)Cl)cn1Cc1cnn(C)c1. The van der Waals surface area contributed by atoms with Crippen LogP contribution in [0.3, 0.4) is 0 Å². The van der Waals surface area contributed by atoms with Gasteiger partial charge in [0.15, 0.2) is 5.03 Å². The summed E-state index contributed by atoms with van der Waals surface area (Å²) in [6.07, 6.45) is 5.07. The Kier molecular flexibility index (Phi) is 3.69. The smallest absolute Gasteiger partial charge is 0.280 e. The lowest BCUT2D eigenvalue weighted by Gasteiger charge is -2.08. The zero-order chi connectivity index (χ0) is 14.2. The summed E-state index contributed by atoms with van der Waals surface area (Å²) in [5.41, 5.74) is 0.973. The lowest BCUT2D eigenvalue weighted by atomic mass is 10.2. The minimum absolute atomic E-state index is 0.101. The highest BCUT2D eigenvalue weighted by molar-refractivity contribution is 8.13. The Bertz CT molecular complexity index is 687. The van der Waals surface area contributed by atoms with Gasteiger partial charge < -0.3 is 4.57 Å². The Morgan fingerprint density at radius 3 is 2.53 bits per heavy atom. The summed E-state index contributed by atoms with van der Waals surface area (Å²) in [5.74, 6) is 0.784. The highest BCUT2D eigenvalue weighted by Crippen LogP contribution is 2.20. The van der Waals surface area contributed by atoms with Crippen molar-refractivity contribution in [2.75, 3.05) is 0 Å². The second kappa shape index (κ2) is 4.97. The Morgan fingerprint density at radius 1 is 1.37 bits per heavy atom. The molecule has 0 bridgehead atoms. The summed E-state index contributed by atoms with van der Waals surface area (Å²) >= 11 is 0. The van der Waals surface area contributed by atoms with E-state index in [1.807, 2.05) is 27.1 Å². The molecule has 0 radical (unpaired) electrons. The number of rotatable bonds is 4. The molecule has 0 atom stereocenters. The number of aryl methyl sites for hydroxylation is 1. The number of nitrogens with zero attached hydrogens (tertiary/aromatic N) is 4. The summed E-state index contributed by atoms with van der Waals surface area (Å²) in [6.45, 7) is 4.42. The minimum Gasteiger partial charge on any atom is -0.329 e. The fourth-order valence-corrected chi connectivity index (χ4v) is 2.54. The Hall–Kier alpha value is -1.34. The van der Waals surface area contributed by atoms with E-state index in [1.54, 1.807) is 15.4 Å². The Balaban J connectivity index is 2.41. The van der Waals surface area contributed by atoms with Crippen molar-refractivity contribution in [3.63, 3.8) is 0 Å². The predicted octanol–water partition coefficient (Wildman–Crippen LogP) is 1.72. The molecule has 19 heavy (non-hydrogen) atoms. The highest BCUT2D eigenvalue weighted by atomic mass is 35.7. The first-order chi connectivity index (χ1) is 8.77. The van der Waals surface area contributed by atoms with Crippen molar-refractivity contribution < 1.29 is 8.42 Å². The number of imidazole rings is 1. The van der Waals surface area contributed by atoms with Gasteiger partial charge in [-0.1, -0.05) is 13.8 Å². The van der Waals surface area contributed by atoms with Crippen molar-refractivity contribution in [2.24, 2.45) is 7.05 Å². The van der Waals surface area contributed by atoms with Crippen molar-refractivity contribution in [1.82, 2.24) is 19.3 Å². The first-order valence-electron chi connectivity index (χ1n) is 5.76. The number of aromatic nitrogens is 4. The molecule has 8 heteroatoms. The van der Waals surface area contributed by atoms with Crippen molar-refractivity contribution in [3.8, 4) is 0 Å². The van der Waals surface area contributed by atoms with Gasteiger partial charge in [-0.3, -0.25) is 4.68 Å². The normalized spacial score (nSPS) is 12.3. The van der Waals surface area contributed by atoms with Gasteiger partial charge in [-0.25, -0.2) is 13.4 Å². The second-order valence-corrected chi connectivity index (χ2v) is 7.19. The van der Waals surface area contributed by atoms with Crippen molar-refractivity contribution >= 4 is 19.7 Å². The molecule has 0 aliphatic rings. The third kappa shape index (κ3) is 3.16. The molecule has 0 aromatic carbocycles. The van der Waals surface area contributed by atoms with E-state index in [9.17, 15) is 8.42 Å². The van der Waals surface area contributed by atoms with E-state index in [0.717, 1.165) is 5.56 Å². The summed E-state index contributed by atoms with van der Waals surface area (Å²) in [6, 6.07) is 0. The van der Waals surface area contributed by atoms with Crippen LogP contribution in [0.5, 0.6) is 0 Å². The topological polar surface area (TPSA) is 69.8 Å². The molecule has 0 spiro atoms. The quantitative estimate of drug-likeness (QED) is 0.806. The Labute approximate surface area is 116 Å². The van der Waals surface area contributed by atoms with Crippen LogP contribution in [0, 0.1) is 0 Å². The molecule has 0 aliphatic heterocycles. The molecule has 2 heterocycles. The lowest BCUT2D eigenvalue weighted by Crippen LogP contribution is -2.05. The highest BCUT2D eigenvalue weighted by Gasteiger charge is 2.19. The van der Waals surface area contributed by atoms with E-state index in [4.69, 9.17) is 10.7 Å². The third-order valence-corrected chi connectivity index (χ3v) is 3.83. The van der Waals surface area contributed by atoms with Crippen LogP contribution in [0.4, 0.5) is 0 Å². The van der Waals surface area contributed by atoms with E-state index in [2.05, 4.69) is 10.1 Å². The van der Waals surface area contributed by atoms with E-state index in [1.165, 1.54) is 6.20 Å². The zero-order valence-electron chi connectivity index (χ0n) is 10.9. The molecular weight excluding hydrogens is 288 g/mol. The van der Waals surface area contributed by atoms with Crippen LogP contribution >= 0.6 is 10.7 Å². The molecule has 0 saturated heterocycles. The predicted molar refractivity (Wildman–Crippen MR) is 71.7 cm³/mol. The molecule has 0 aliphatic carbocycles. The summed E-state index contributed by atoms with van der Waals surface area (Å²) in [4.78, 5) is 4.10. The van der Waals surface area contributed by atoms with Gasteiger partial charge in [-0.05, 0) is 0 Å². The van der Waals surface area contributed by atoms with Gasteiger partial charge in [0.25, 0.3) is 9.05 Å². The molecule has 0 amide bonds. The first-order valence-corrected chi connectivity index (χ1v) is 8.07. The largest absolute Gasteiger partial charge is 0.329 e. The average molecular weight is 303 g/mol. The number of hydrogen-bond acceptors (Lipinski definition) is 4. The van der Waals surface area contributed by atoms with Gasteiger partial charge in [0.2, 0.25) is 0 Å². The van der Waals surface area contributed by atoms with Gasteiger partial charge in [0.05, 0.1) is 12.7 Å². The molecule has 104 valence electrons. The van der Waals surface area contributed by atoms with Crippen molar-refractivity contribution in [3.05, 3.63) is 30.0 Å². The molecule has 2 aromatic rings. The molecule has 2 rings (SSSR count). The molecular formula is C11H15ClN4O2S. The Morgan fingerprint density at radius 2 is 2.05 bits per heavy atom. The molecule has 0 N–H and O–H groups in total. The number of hydrogen-bond donors (Lipinski definition) is 0. The van der Waals surface area contributed by atoms with Crippen molar-refractivity contribution in [1.29, 1.82) is 0 Å². The van der Waals surface area contributed by atoms with Gasteiger partial charge >= 0.3 is 0 Å². The van der Waals surface area contributed by atoms with Crippen LogP contribution in [0.25, 0.3) is 0 Å². The van der Waals surface area contributed by atoms with Crippen molar-refractivity contribution in [2.45, 2.75) is 31.3 Å². The van der Waals surface area contributed by atoms with Gasteiger partial charge in [-0.15, -0.1) is 0 Å². The van der Waals surface area contributed by atoms with E-state index < -0.39 is 9.05 Å². The maximum absolute atomic E-state index is 11.4. The molecule has 0 unspecified atom stereocenters. The second-order valence-electron chi connectivity index (χ2n) is 4.68. The maximum atomic E-state index is 11.4. The third-order valence-electron chi connectivity index (χ3n) is 2.66. The zero-order valence-corrected chi connectivity index (χ0v) is 12.5. The maximum Gasteiger partial charge on any atom is 0.280 e. The first kappa shape index (κ1) is 14.1.